The number of rotatable bonds is 5. The molecular formula is C15H27F. The molecule has 0 saturated carbocycles. The van der Waals surface area contributed by atoms with Gasteiger partial charge in [-0.1, -0.05) is 46.6 Å². The molecule has 0 amide bonds. The molecule has 0 aromatic carbocycles. The number of hydrogen-bond donors (Lipinski definition) is 0. The van der Waals surface area contributed by atoms with Crippen molar-refractivity contribution in [2.45, 2.75) is 66.2 Å². The molecule has 16 heavy (non-hydrogen) atoms. The van der Waals surface area contributed by atoms with E-state index in [1.807, 2.05) is 6.08 Å². The van der Waals surface area contributed by atoms with Gasteiger partial charge in [0.15, 0.2) is 0 Å². The summed E-state index contributed by atoms with van der Waals surface area (Å²) in [6.45, 7) is 9.30. The molecule has 0 fully saturated rings. The Morgan fingerprint density at radius 3 is 2.56 bits per heavy atom. The monoisotopic (exact) mass is 226 g/mol. The molecule has 0 radical (unpaired) electrons. The number of halogens is 1. The SMILES string of the molecule is CCCC([C@@H]1CC=C(F)CC1)C(C)(C)CC. The highest BCUT2D eigenvalue weighted by Gasteiger charge is 2.34. The van der Waals surface area contributed by atoms with Gasteiger partial charge in [0.2, 0.25) is 0 Å². The normalized spacial score (nSPS) is 24.1. The Bertz CT molecular complexity index is 240. The van der Waals surface area contributed by atoms with Crippen LogP contribution in [-0.2, 0) is 0 Å². The van der Waals surface area contributed by atoms with Gasteiger partial charge in [-0.15, -0.1) is 0 Å². The van der Waals surface area contributed by atoms with Gasteiger partial charge in [-0.05, 0) is 42.9 Å². The smallest absolute Gasteiger partial charge is 0.0960 e. The second kappa shape index (κ2) is 5.84. The zero-order valence-corrected chi connectivity index (χ0v) is 11.4. The van der Waals surface area contributed by atoms with E-state index in [1.54, 1.807) is 0 Å². The third kappa shape index (κ3) is 3.33. The highest BCUT2D eigenvalue weighted by atomic mass is 19.1. The summed E-state index contributed by atoms with van der Waals surface area (Å²) in [7, 11) is 0. The second-order valence-corrected chi connectivity index (χ2v) is 5.92. The Balaban J connectivity index is 2.71. The van der Waals surface area contributed by atoms with Crippen LogP contribution in [-0.4, -0.2) is 0 Å². The van der Waals surface area contributed by atoms with E-state index in [1.165, 1.54) is 19.3 Å². The summed E-state index contributed by atoms with van der Waals surface area (Å²) in [6, 6.07) is 0. The van der Waals surface area contributed by atoms with E-state index in [2.05, 4.69) is 27.7 Å². The quantitative estimate of drug-likeness (QED) is 0.581. The molecule has 0 aromatic rings. The Labute approximate surface area is 100 Å². The highest BCUT2D eigenvalue weighted by Crippen LogP contribution is 2.43. The molecule has 1 heteroatoms. The molecule has 0 nitrogen and oxygen atoms in total. The van der Waals surface area contributed by atoms with Crippen LogP contribution in [0.5, 0.6) is 0 Å². The Morgan fingerprint density at radius 1 is 1.44 bits per heavy atom. The van der Waals surface area contributed by atoms with Crippen molar-refractivity contribution in [1.29, 1.82) is 0 Å². The number of hydrogen-bond acceptors (Lipinski definition) is 0. The van der Waals surface area contributed by atoms with E-state index >= 15 is 0 Å². The maximum Gasteiger partial charge on any atom is 0.0960 e. The number of allylic oxidation sites excluding steroid dienone is 2. The van der Waals surface area contributed by atoms with Gasteiger partial charge in [-0.3, -0.25) is 0 Å². The minimum Gasteiger partial charge on any atom is -0.212 e. The molecule has 94 valence electrons. The molecule has 1 rings (SSSR count). The first kappa shape index (κ1) is 13.7. The first-order valence-corrected chi connectivity index (χ1v) is 6.85. The maximum atomic E-state index is 13.0. The van der Waals surface area contributed by atoms with Gasteiger partial charge >= 0.3 is 0 Å². The summed E-state index contributed by atoms with van der Waals surface area (Å²) >= 11 is 0. The van der Waals surface area contributed by atoms with Crippen LogP contribution in [0.3, 0.4) is 0 Å². The summed E-state index contributed by atoms with van der Waals surface area (Å²) in [5.41, 5.74) is 0.405. The van der Waals surface area contributed by atoms with Crippen molar-refractivity contribution in [3.8, 4) is 0 Å². The fraction of sp³-hybridized carbons (Fsp3) is 0.867. The summed E-state index contributed by atoms with van der Waals surface area (Å²) in [4.78, 5) is 0. The lowest BCUT2D eigenvalue weighted by atomic mass is 9.65. The van der Waals surface area contributed by atoms with Gasteiger partial charge in [-0.2, -0.15) is 0 Å². The van der Waals surface area contributed by atoms with E-state index in [-0.39, 0.29) is 5.83 Å². The minimum absolute atomic E-state index is 0.112. The topological polar surface area (TPSA) is 0 Å². The van der Waals surface area contributed by atoms with Crippen LogP contribution in [0.25, 0.3) is 0 Å². The van der Waals surface area contributed by atoms with Gasteiger partial charge in [0, 0.05) is 0 Å². The largest absolute Gasteiger partial charge is 0.212 e. The molecule has 0 heterocycles. The standard InChI is InChI=1S/C15H27F/c1-5-7-14(15(3,4)6-2)12-8-10-13(16)11-9-12/h10,12,14H,5-9,11H2,1-4H3/t12-,14?/m1/s1. The Hall–Kier alpha value is -0.330. The fourth-order valence-corrected chi connectivity index (χ4v) is 3.03. The third-order valence-electron chi connectivity index (χ3n) is 4.48. The van der Waals surface area contributed by atoms with Crippen molar-refractivity contribution in [2.75, 3.05) is 0 Å². The highest BCUT2D eigenvalue weighted by molar-refractivity contribution is 5.00. The molecule has 1 unspecified atom stereocenters. The average molecular weight is 226 g/mol. The molecule has 2 atom stereocenters. The van der Waals surface area contributed by atoms with Gasteiger partial charge in [-0.25, -0.2) is 4.39 Å². The van der Waals surface area contributed by atoms with Crippen molar-refractivity contribution in [1.82, 2.24) is 0 Å². The summed E-state index contributed by atoms with van der Waals surface area (Å²) in [6.07, 6.45) is 8.27. The summed E-state index contributed by atoms with van der Waals surface area (Å²) in [5.74, 6) is 1.57. The molecule has 0 bridgehead atoms. The predicted octanol–water partition coefficient (Wildman–Crippen LogP) is 5.49. The fourth-order valence-electron chi connectivity index (χ4n) is 3.03. The van der Waals surface area contributed by atoms with E-state index < -0.39 is 0 Å². The van der Waals surface area contributed by atoms with Crippen molar-refractivity contribution in [3.63, 3.8) is 0 Å². The zero-order chi connectivity index (χ0) is 12.2. The van der Waals surface area contributed by atoms with Gasteiger partial charge in [0.1, 0.15) is 0 Å². The lowest BCUT2D eigenvalue weighted by molar-refractivity contribution is 0.110. The van der Waals surface area contributed by atoms with Crippen molar-refractivity contribution < 1.29 is 4.39 Å². The summed E-state index contributed by atoms with van der Waals surface area (Å²) < 4.78 is 13.0. The summed E-state index contributed by atoms with van der Waals surface area (Å²) in [5, 5.41) is 0. The van der Waals surface area contributed by atoms with Gasteiger partial charge in [0.05, 0.1) is 5.83 Å². The molecule has 1 aliphatic carbocycles. The molecule has 0 saturated heterocycles. The molecule has 0 aliphatic heterocycles. The Kier molecular flexibility index (Phi) is 5.01. The maximum absolute atomic E-state index is 13.0. The zero-order valence-electron chi connectivity index (χ0n) is 11.4. The van der Waals surface area contributed by atoms with Crippen molar-refractivity contribution in [2.24, 2.45) is 17.3 Å². The third-order valence-corrected chi connectivity index (χ3v) is 4.48. The van der Waals surface area contributed by atoms with Crippen LogP contribution >= 0.6 is 0 Å². The van der Waals surface area contributed by atoms with E-state index in [9.17, 15) is 4.39 Å². The minimum atomic E-state index is 0.112. The first-order chi connectivity index (χ1) is 7.51. The first-order valence-electron chi connectivity index (χ1n) is 6.85. The molecule has 0 aromatic heterocycles. The average Bonchev–Trinajstić information content (AvgIpc) is 2.27. The molecular weight excluding hydrogens is 199 g/mol. The predicted molar refractivity (Wildman–Crippen MR) is 69.0 cm³/mol. The lowest BCUT2D eigenvalue weighted by Gasteiger charge is -2.40. The van der Waals surface area contributed by atoms with Crippen molar-refractivity contribution >= 4 is 0 Å². The van der Waals surface area contributed by atoms with E-state index in [0.29, 0.717) is 17.8 Å². The second-order valence-electron chi connectivity index (χ2n) is 5.92. The van der Waals surface area contributed by atoms with E-state index in [4.69, 9.17) is 0 Å². The van der Waals surface area contributed by atoms with Crippen LogP contribution in [0, 0.1) is 17.3 Å². The van der Waals surface area contributed by atoms with Gasteiger partial charge < -0.3 is 0 Å². The molecule has 0 N–H and O–H groups in total. The van der Waals surface area contributed by atoms with Crippen LogP contribution in [0.2, 0.25) is 0 Å². The van der Waals surface area contributed by atoms with Crippen LogP contribution in [0.15, 0.2) is 11.9 Å². The van der Waals surface area contributed by atoms with Crippen LogP contribution in [0.1, 0.15) is 66.2 Å². The van der Waals surface area contributed by atoms with E-state index in [0.717, 1.165) is 18.8 Å². The van der Waals surface area contributed by atoms with Crippen LogP contribution in [0.4, 0.5) is 4.39 Å². The molecule has 0 spiro atoms. The Morgan fingerprint density at radius 2 is 2.12 bits per heavy atom. The van der Waals surface area contributed by atoms with Gasteiger partial charge in [0.25, 0.3) is 0 Å². The van der Waals surface area contributed by atoms with Crippen molar-refractivity contribution in [3.05, 3.63) is 11.9 Å². The lowest BCUT2D eigenvalue weighted by Crippen LogP contribution is -2.31. The molecule has 1 aliphatic rings. The van der Waals surface area contributed by atoms with Crippen LogP contribution < -0.4 is 0 Å².